The fourth-order valence-electron chi connectivity index (χ4n) is 1.99. The van der Waals surface area contributed by atoms with Crippen molar-refractivity contribution < 1.29 is 4.79 Å². The van der Waals surface area contributed by atoms with E-state index in [1.54, 1.807) is 0 Å². The summed E-state index contributed by atoms with van der Waals surface area (Å²) in [5, 5.41) is 9.88. The van der Waals surface area contributed by atoms with Crippen LogP contribution in [0, 0.1) is 0 Å². The highest BCUT2D eigenvalue weighted by Gasteiger charge is 2.15. The van der Waals surface area contributed by atoms with Gasteiger partial charge in [-0.3, -0.25) is 4.79 Å². The van der Waals surface area contributed by atoms with Crippen molar-refractivity contribution in [1.29, 1.82) is 0 Å². The zero-order valence-corrected chi connectivity index (χ0v) is 11.5. The number of hydrogen-bond donors (Lipinski definition) is 3. The van der Waals surface area contributed by atoms with E-state index >= 15 is 0 Å². The molecule has 0 bridgehead atoms. The van der Waals surface area contributed by atoms with Gasteiger partial charge in [-0.1, -0.05) is 12.8 Å². The van der Waals surface area contributed by atoms with Crippen LogP contribution in [0.5, 0.6) is 0 Å². The lowest BCUT2D eigenvalue weighted by Crippen LogP contribution is -2.42. The van der Waals surface area contributed by atoms with Crippen LogP contribution in [0.4, 0.5) is 0 Å². The lowest BCUT2D eigenvalue weighted by Gasteiger charge is -2.15. The Labute approximate surface area is 109 Å². The van der Waals surface area contributed by atoms with E-state index in [1.807, 2.05) is 13.8 Å². The first-order chi connectivity index (χ1) is 8.08. The van der Waals surface area contributed by atoms with Gasteiger partial charge in [-0.15, -0.1) is 0 Å². The molecule has 0 aromatic heterocycles. The van der Waals surface area contributed by atoms with Gasteiger partial charge in [0, 0.05) is 25.0 Å². The predicted octanol–water partition coefficient (Wildman–Crippen LogP) is 1.31. The van der Waals surface area contributed by atoms with Gasteiger partial charge in [0.2, 0.25) is 5.91 Å². The molecule has 17 heavy (non-hydrogen) atoms. The van der Waals surface area contributed by atoms with Gasteiger partial charge in [0.05, 0.1) is 0 Å². The molecule has 0 radical (unpaired) electrons. The van der Waals surface area contributed by atoms with Crippen LogP contribution in [0.2, 0.25) is 0 Å². The van der Waals surface area contributed by atoms with E-state index in [4.69, 9.17) is 12.2 Å². The molecule has 1 aliphatic rings. The van der Waals surface area contributed by atoms with Crippen LogP contribution in [-0.2, 0) is 4.79 Å². The van der Waals surface area contributed by atoms with Gasteiger partial charge >= 0.3 is 0 Å². The number of hydrogen-bond acceptors (Lipinski definition) is 2. The van der Waals surface area contributed by atoms with E-state index in [9.17, 15) is 4.79 Å². The van der Waals surface area contributed by atoms with Crippen molar-refractivity contribution in [3.63, 3.8) is 0 Å². The van der Waals surface area contributed by atoms with Gasteiger partial charge in [0.25, 0.3) is 0 Å². The van der Waals surface area contributed by atoms with E-state index in [0.717, 1.165) is 0 Å². The highest BCUT2D eigenvalue weighted by atomic mass is 32.1. The predicted molar refractivity (Wildman–Crippen MR) is 73.9 cm³/mol. The molecule has 3 N–H and O–H groups in total. The Bertz CT molecular complexity index is 262. The molecule has 98 valence electrons. The maximum atomic E-state index is 11.4. The fourth-order valence-corrected chi connectivity index (χ4v) is 2.26. The summed E-state index contributed by atoms with van der Waals surface area (Å²) in [7, 11) is 0. The molecule has 0 aromatic rings. The molecule has 4 nitrogen and oxygen atoms in total. The van der Waals surface area contributed by atoms with E-state index in [2.05, 4.69) is 16.0 Å². The van der Waals surface area contributed by atoms with Crippen LogP contribution in [0.1, 0.15) is 46.0 Å². The highest BCUT2D eigenvalue weighted by molar-refractivity contribution is 7.80. The second-order valence-electron chi connectivity index (χ2n) is 4.85. The average Bonchev–Trinajstić information content (AvgIpc) is 2.69. The lowest BCUT2D eigenvalue weighted by molar-refractivity contribution is -0.121. The minimum absolute atomic E-state index is 0.0659. The number of amides is 1. The van der Waals surface area contributed by atoms with Gasteiger partial charge in [0.1, 0.15) is 0 Å². The van der Waals surface area contributed by atoms with Crippen molar-refractivity contribution in [2.24, 2.45) is 0 Å². The zero-order chi connectivity index (χ0) is 12.7. The molecule has 1 amide bonds. The summed E-state index contributed by atoms with van der Waals surface area (Å²) in [6.45, 7) is 4.51. The van der Waals surface area contributed by atoms with E-state index in [-0.39, 0.29) is 11.9 Å². The minimum atomic E-state index is 0.0659. The second-order valence-corrected chi connectivity index (χ2v) is 5.26. The molecule has 1 aliphatic carbocycles. The topological polar surface area (TPSA) is 53.2 Å². The van der Waals surface area contributed by atoms with Crippen LogP contribution >= 0.6 is 12.2 Å². The van der Waals surface area contributed by atoms with Gasteiger partial charge < -0.3 is 16.0 Å². The molecule has 0 atom stereocenters. The Balaban J connectivity index is 2.05. The van der Waals surface area contributed by atoms with E-state index in [1.165, 1.54) is 25.7 Å². The Morgan fingerprint density at radius 3 is 2.59 bits per heavy atom. The smallest absolute Gasteiger partial charge is 0.221 e. The van der Waals surface area contributed by atoms with E-state index < -0.39 is 0 Å². The largest absolute Gasteiger partial charge is 0.362 e. The summed E-state index contributed by atoms with van der Waals surface area (Å²) in [6, 6.07) is 0.727. The first-order valence-electron chi connectivity index (χ1n) is 6.41. The van der Waals surface area contributed by atoms with Crippen LogP contribution in [0.3, 0.4) is 0 Å². The molecule has 0 spiro atoms. The van der Waals surface area contributed by atoms with Crippen molar-refractivity contribution in [2.45, 2.75) is 58.0 Å². The molecule has 0 unspecified atom stereocenters. The summed E-state index contributed by atoms with van der Waals surface area (Å²) in [6.07, 6.45) is 5.45. The quantitative estimate of drug-likeness (QED) is 0.650. The van der Waals surface area contributed by atoms with Gasteiger partial charge in [-0.2, -0.15) is 0 Å². The number of carbonyl (C=O) groups is 1. The molecule has 0 aromatic carbocycles. The average molecular weight is 257 g/mol. The van der Waals surface area contributed by atoms with Crippen molar-refractivity contribution >= 4 is 23.2 Å². The summed E-state index contributed by atoms with van der Waals surface area (Å²) in [4.78, 5) is 11.4. The maximum absolute atomic E-state index is 11.4. The maximum Gasteiger partial charge on any atom is 0.221 e. The van der Waals surface area contributed by atoms with Crippen molar-refractivity contribution in [1.82, 2.24) is 16.0 Å². The van der Waals surface area contributed by atoms with Crippen LogP contribution in [-0.4, -0.2) is 29.6 Å². The summed E-state index contributed by atoms with van der Waals surface area (Å²) in [5.74, 6) is 0.0659. The first-order valence-corrected chi connectivity index (χ1v) is 6.82. The van der Waals surface area contributed by atoms with Crippen molar-refractivity contribution in [3.8, 4) is 0 Å². The Morgan fingerprint density at radius 1 is 1.35 bits per heavy atom. The highest BCUT2D eigenvalue weighted by Crippen LogP contribution is 2.17. The Hall–Kier alpha value is -0.840. The molecular formula is C12H23N3OS. The van der Waals surface area contributed by atoms with Gasteiger partial charge in [-0.05, 0) is 38.9 Å². The summed E-state index contributed by atoms with van der Waals surface area (Å²) in [5.41, 5.74) is 0. The van der Waals surface area contributed by atoms with Crippen molar-refractivity contribution in [2.75, 3.05) is 6.54 Å². The SMILES string of the molecule is CC(C)NC(=O)CCNC(=S)NC1CCCC1. The number of thiocarbonyl (C=S) groups is 1. The van der Waals surface area contributed by atoms with Crippen molar-refractivity contribution in [3.05, 3.63) is 0 Å². The molecular weight excluding hydrogens is 234 g/mol. The van der Waals surface area contributed by atoms with Gasteiger partial charge in [0.15, 0.2) is 5.11 Å². The standard InChI is InChI=1S/C12H23N3OS/c1-9(2)14-11(16)7-8-13-12(17)15-10-5-3-4-6-10/h9-10H,3-8H2,1-2H3,(H,14,16)(H2,13,15,17). The van der Waals surface area contributed by atoms with Gasteiger partial charge in [-0.25, -0.2) is 0 Å². The third kappa shape index (κ3) is 6.46. The molecule has 1 saturated carbocycles. The molecule has 5 heteroatoms. The third-order valence-electron chi connectivity index (χ3n) is 2.78. The molecule has 0 aliphatic heterocycles. The monoisotopic (exact) mass is 257 g/mol. The molecule has 0 saturated heterocycles. The third-order valence-corrected chi connectivity index (χ3v) is 3.04. The number of nitrogens with one attached hydrogen (secondary N) is 3. The zero-order valence-electron chi connectivity index (χ0n) is 10.7. The lowest BCUT2D eigenvalue weighted by atomic mass is 10.2. The van der Waals surface area contributed by atoms with Crippen LogP contribution in [0.15, 0.2) is 0 Å². The minimum Gasteiger partial charge on any atom is -0.362 e. The Kier molecular flexibility index (Phi) is 6.26. The summed E-state index contributed by atoms with van der Waals surface area (Å²) >= 11 is 5.18. The number of rotatable bonds is 5. The fraction of sp³-hybridized carbons (Fsp3) is 0.833. The number of carbonyl (C=O) groups excluding carboxylic acids is 1. The second kappa shape index (κ2) is 7.48. The molecule has 1 rings (SSSR count). The normalized spacial score (nSPS) is 15.9. The van der Waals surface area contributed by atoms with Crippen LogP contribution < -0.4 is 16.0 Å². The Morgan fingerprint density at radius 2 is 2.00 bits per heavy atom. The molecule has 1 fully saturated rings. The van der Waals surface area contributed by atoms with Crippen LogP contribution in [0.25, 0.3) is 0 Å². The molecule has 0 heterocycles. The summed E-state index contributed by atoms with van der Waals surface area (Å²) < 4.78 is 0. The van der Waals surface area contributed by atoms with E-state index in [0.29, 0.717) is 24.1 Å². The first kappa shape index (κ1) is 14.2.